The lowest BCUT2D eigenvalue weighted by Crippen LogP contribution is -2.28. The number of hydrogen-bond acceptors (Lipinski definition) is 3. The molecule has 0 saturated carbocycles. The summed E-state index contributed by atoms with van der Waals surface area (Å²) in [6.45, 7) is 1.80. The van der Waals surface area contributed by atoms with E-state index < -0.39 is 5.82 Å². The molecular formula is C16H17FN2O2. The van der Waals surface area contributed by atoms with Gasteiger partial charge in [0.1, 0.15) is 0 Å². The third-order valence-corrected chi connectivity index (χ3v) is 3.12. The molecule has 0 aliphatic heterocycles. The van der Waals surface area contributed by atoms with E-state index in [4.69, 9.17) is 4.74 Å². The van der Waals surface area contributed by atoms with Gasteiger partial charge in [-0.15, -0.1) is 0 Å². The second-order valence-corrected chi connectivity index (χ2v) is 4.68. The summed E-state index contributed by atoms with van der Waals surface area (Å²) in [5, 5.41) is 2.82. The number of benzene rings is 1. The second kappa shape index (κ2) is 6.83. The van der Waals surface area contributed by atoms with Crippen molar-refractivity contribution in [3.8, 4) is 5.75 Å². The molecule has 0 fully saturated rings. The van der Waals surface area contributed by atoms with Crippen LogP contribution in [-0.2, 0) is 11.2 Å². The van der Waals surface area contributed by atoms with E-state index in [2.05, 4.69) is 10.3 Å². The number of aromatic nitrogens is 1. The van der Waals surface area contributed by atoms with E-state index in [1.165, 1.54) is 13.2 Å². The van der Waals surface area contributed by atoms with Gasteiger partial charge < -0.3 is 10.1 Å². The molecule has 1 N–H and O–H groups in total. The second-order valence-electron chi connectivity index (χ2n) is 4.68. The van der Waals surface area contributed by atoms with E-state index in [0.29, 0.717) is 11.3 Å². The highest BCUT2D eigenvalue weighted by Gasteiger charge is 2.13. The summed E-state index contributed by atoms with van der Waals surface area (Å²) in [5.74, 6) is -0.413. The molecule has 0 radical (unpaired) electrons. The topological polar surface area (TPSA) is 51.2 Å². The Hall–Kier alpha value is -2.43. The fraction of sp³-hybridized carbons (Fsp3) is 0.250. The smallest absolute Gasteiger partial charge is 0.226 e. The molecule has 2 aromatic rings. The van der Waals surface area contributed by atoms with Crippen LogP contribution in [0, 0.1) is 5.82 Å². The first kappa shape index (κ1) is 15.0. The molecule has 0 unspecified atom stereocenters. The Bertz CT molecular complexity index is 617. The molecule has 0 spiro atoms. The summed E-state index contributed by atoms with van der Waals surface area (Å²) in [5.41, 5.74) is 1.38. The molecular weight excluding hydrogens is 271 g/mol. The quantitative estimate of drug-likeness (QED) is 0.920. The fourth-order valence-corrected chi connectivity index (χ4v) is 2.00. The average molecular weight is 288 g/mol. The molecule has 1 amide bonds. The van der Waals surface area contributed by atoms with E-state index in [1.807, 2.05) is 6.07 Å². The maximum absolute atomic E-state index is 13.6. The van der Waals surface area contributed by atoms with Crippen LogP contribution in [0.15, 0.2) is 42.6 Å². The number of ether oxygens (including phenoxy) is 1. The Morgan fingerprint density at radius 2 is 2.19 bits per heavy atom. The molecule has 5 heteroatoms. The fourth-order valence-electron chi connectivity index (χ4n) is 2.00. The number of carbonyl (C=O) groups excluding carboxylic acids is 1. The molecule has 0 aliphatic rings. The number of rotatable bonds is 5. The molecule has 2 rings (SSSR count). The highest BCUT2D eigenvalue weighted by Crippen LogP contribution is 2.21. The highest BCUT2D eigenvalue weighted by molar-refractivity contribution is 5.78. The Balaban J connectivity index is 1.99. The van der Waals surface area contributed by atoms with Crippen LogP contribution >= 0.6 is 0 Å². The predicted octanol–water partition coefficient (Wildman–Crippen LogP) is 2.65. The Morgan fingerprint density at radius 1 is 1.38 bits per heavy atom. The summed E-state index contributed by atoms with van der Waals surface area (Å²) < 4.78 is 18.5. The Morgan fingerprint density at radius 3 is 2.81 bits per heavy atom. The molecule has 1 heterocycles. The minimum Gasteiger partial charge on any atom is -0.494 e. The summed E-state index contributed by atoms with van der Waals surface area (Å²) in [6, 6.07) is 9.77. The molecule has 1 aromatic carbocycles. The van der Waals surface area contributed by atoms with E-state index in [1.54, 1.807) is 37.4 Å². The summed E-state index contributed by atoms with van der Waals surface area (Å²) in [4.78, 5) is 16.0. The zero-order valence-corrected chi connectivity index (χ0v) is 12.0. The van der Waals surface area contributed by atoms with Crippen LogP contribution in [-0.4, -0.2) is 18.0 Å². The van der Waals surface area contributed by atoms with Crippen molar-refractivity contribution in [3.63, 3.8) is 0 Å². The number of nitrogens with one attached hydrogen (secondary N) is 1. The Kier molecular flexibility index (Phi) is 4.87. The lowest BCUT2D eigenvalue weighted by atomic mass is 10.1. The summed E-state index contributed by atoms with van der Waals surface area (Å²) >= 11 is 0. The van der Waals surface area contributed by atoms with Gasteiger partial charge in [0.25, 0.3) is 0 Å². The molecule has 4 nitrogen and oxygen atoms in total. The van der Waals surface area contributed by atoms with Gasteiger partial charge in [0.2, 0.25) is 5.91 Å². The van der Waals surface area contributed by atoms with Crippen molar-refractivity contribution in [1.82, 2.24) is 10.3 Å². The predicted molar refractivity (Wildman–Crippen MR) is 77.5 cm³/mol. The number of halogens is 1. The van der Waals surface area contributed by atoms with Crippen molar-refractivity contribution in [2.24, 2.45) is 0 Å². The first-order valence-electron chi connectivity index (χ1n) is 6.63. The number of nitrogens with zero attached hydrogens (tertiary/aromatic N) is 1. The number of carbonyl (C=O) groups is 1. The van der Waals surface area contributed by atoms with Gasteiger partial charge in [0.05, 0.1) is 19.6 Å². The zero-order chi connectivity index (χ0) is 15.2. The SMILES string of the molecule is COc1ccc([C@H](C)NC(=O)Cc2ccccn2)cc1F. The summed E-state index contributed by atoms with van der Waals surface area (Å²) in [7, 11) is 1.41. The number of methoxy groups -OCH3 is 1. The van der Waals surface area contributed by atoms with Crippen LogP contribution in [0.3, 0.4) is 0 Å². The number of pyridine rings is 1. The number of amides is 1. The summed E-state index contributed by atoms with van der Waals surface area (Å²) in [6.07, 6.45) is 1.84. The molecule has 0 bridgehead atoms. The van der Waals surface area contributed by atoms with Gasteiger partial charge >= 0.3 is 0 Å². The monoisotopic (exact) mass is 288 g/mol. The third kappa shape index (κ3) is 4.02. The van der Waals surface area contributed by atoms with Gasteiger partial charge in [-0.3, -0.25) is 9.78 Å². The first-order valence-corrected chi connectivity index (χ1v) is 6.63. The Labute approximate surface area is 123 Å². The zero-order valence-electron chi connectivity index (χ0n) is 12.0. The van der Waals surface area contributed by atoms with Gasteiger partial charge in [-0.1, -0.05) is 12.1 Å². The van der Waals surface area contributed by atoms with Crippen LogP contribution in [0.2, 0.25) is 0 Å². The molecule has 1 aromatic heterocycles. The van der Waals surface area contributed by atoms with Crippen molar-refractivity contribution in [1.29, 1.82) is 0 Å². The van der Waals surface area contributed by atoms with E-state index in [9.17, 15) is 9.18 Å². The van der Waals surface area contributed by atoms with Crippen LogP contribution in [0.25, 0.3) is 0 Å². The maximum atomic E-state index is 13.6. The van der Waals surface area contributed by atoms with E-state index in [0.717, 1.165) is 0 Å². The van der Waals surface area contributed by atoms with Crippen molar-refractivity contribution in [3.05, 3.63) is 59.7 Å². The molecule has 21 heavy (non-hydrogen) atoms. The first-order chi connectivity index (χ1) is 10.1. The van der Waals surface area contributed by atoms with Gasteiger partial charge in [0, 0.05) is 11.9 Å². The van der Waals surface area contributed by atoms with Crippen molar-refractivity contribution < 1.29 is 13.9 Å². The molecule has 0 aliphatic carbocycles. The van der Waals surface area contributed by atoms with Gasteiger partial charge in [-0.05, 0) is 36.8 Å². The third-order valence-electron chi connectivity index (χ3n) is 3.12. The standard InChI is InChI=1S/C16H17FN2O2/c1-11(12-6-7-15(21-2)14(17)9-12)19-16(20)10-13-5-3-4-8-18-13/h3-9,11H,10H2,1-2H3,(H,19,20)/t11-/m0/s1. The van der Waals surface area contributed by atoms with Crippen LogP contribution in [0.4, 0.5) is 4.39 Å². The highest BCUT2D eigenvalue weighted by atomic mass is 19.1. The lowest BCUT2D eigenvalue weighted by Gasteiger charge is -2.15. The molecule has 110 valence electrons. The average Bonchev–Trinajstić information content (AvgIpc) is 2.48. The van der Waals surface area contributed by atoms with Crippen molar-refractivity contribution in [2.45, 2.75) is 19.4 Å². The largest absolute Gasteiger partial charge is 0.494 e. The van der Waals surface area contributed by atoms with E-state index in [-0.39, 0.29) is 24.1 Å². The van der Waals surface area contributed by atoms with Gasteiger partial charge in [-0.2, -0.15) is 0 Å². The van der Waals surface area contributed by atoms with Crippen LogP contribution in [0.1, 0.15) is 24.2 Å². The number of hydrogen-bond donors (Lipinski definition) is 1. The lowest BCUT2D eigenvalue weighted by molar-refractivity contribution is -0.121. The van der Waals surface area contributed by atoms with Gasteiger partial charge in [-0.25, -0.2) is 4.39 Å². The van der Waals surface area contributed by atoms with Crippen LogP contribution in [0.5, 0.6) is 5.75 Å². The molecule has 1 atom stereocenters. The maximum Gasteiger partial charge on any atom is 0.226 e. The van der Waals surface area contributed by atoms with E-state index >= 15 is 0 Å². The minimum atomic E-state index is -0.444. The minimum absolute atomic E-state index is 0.155. The van der Waals surface area contributed by atoms with Crippen molar-refractivity contribution >= 4 is 5.91 Å². The molecule has 0 saturated heterocycles. The van der Waals surface area contributed by atoms with Crippen molar-refractivity contribution in [2.75, 3.05) is 7.11 Å². The normalized spacial score (nSPS) is 11.8. The van der Waals surface area contributed by atoms with Gasteiger partial charge in [0.15, 0.2) is 11.6 Å². The van der Waals surface area contributed by atoms with Crippen LogP contribution < -0.4 is 10.1 Å².